The average molecular weight is 373 g/mol. The fraction of sp³-hybridized carbons (Fsp3) is 0.182. The Hall–Kier alpha value is -3.54. The van der Waals surface area contributed by atoms with Crippen LogP contribution in [0.4, 0.5) is 5.95 Å². The van der Waals surface area contributed by atoms with Crippen molar-refractivity contribution in [1.29, 1.82) is 0 Å². The number of anilines is 1. The Bertz CT molecular complexity index is 1030. The van der Waals surface area contributed by atoms with Crippen LogP contribution >= 0.6 is 0 Å². The lowest BCUT2D eigenvalue weighted by Crippen LogP contribution is -2.22. The second-order valence-electron chi connectivity index (χ2n) is 6.68. The summed E-state index contributed by atoms with van der Waals surface area (Å²) in [5.74, 6) is 0.558. The van der Waals surface area contributed by atoms with Gasteiger partial charge in [0.15, 0.2) is 5.78 Å². The van der Waals surface area contributed by atoms with Crippen LogP contribution in [-0.4, -0.2) is 28.8 Å². The summed E-state index contributed by atoms with van der Waals surface area (Å²) in [4.78, 5) is 33.6. The minimum Gasteiger partial charge on any atom is -0.497 e. The lowest BCUT2D eigenvalue weighted by atomic mass is 9.82. The van der Waals surface area contributed by atoms with E-state index >= 15 is 0 Å². The number of carbonyl (C=O) groups is 2. The minimum atomic E-state index is -0.333. The summed E-state index contributed by atoms with van der Waals surface area (Å²) in [6.45, 7) is 0. The summed E-state index contributed by atoms with van der Waals surface area (Å²) in [5, 5.41) is 2.70. The molecule has 0 radical (unpaired) electrons. The predicted molar refractivity (Wildman–Crippen MR) is 105 cm³/mol. The molecule has 140 valence electrons. The molecule has 0 unspecified atom stereocenters. The van der Waals surface area contributed by atoms with Crippen molar-refractivity contribution in [2.75, 3.05) is 12.4 Å². The van der Waals surface area contributed by atoms with Gasteiger partial charge >= 0.3 is 0 Å². The van der Waals surface area contributed by atoms with Gasteiger partial charge in [-0.25, -0.2) is 9.97 Å². The zero-order valence-corrected chi connectivity index (χ0v) is 15.4. The fourth-order valence-corrected chi connectivity index (χ4v) is 3.40. The van der Waals surface area contributed by atoms with Gasteiger partial charge in [0.25, 0.3) is 5.91 Å². The lowest BCUT2D eigenvalue weighted by molar-refractivity contribution is 0.0962. The smallest absolute Gasteiger partial charge is 0.258 e. The Kier molecular flexibility index (Phi) is 4.85. The number of fused-ring (bicyclic) bond motifs is 1. The van der Waals surface area contributed by atoms with Gasteiger partial charge in [-0.05, 0) is 36.1 Å². The number of methoxy groups -OCH3 is 1. The zero-order chi connectivity index (χ0) is 19.5. The molecule has 1 heterocycles. The van der Waals surface area contributed by atoms with Crippen LogP contribution in [0, 0.1) is 0 Å². The highest BCUT2D eigenvalue weighted by atomic mass is 16.5. The van der Waals surface area contributed by atoms with Crippen LogP contribution in [0.5, 0.6) is 5.75 Å². The number of ether oxygens (including phenoxy) is 1. The summed E-state index contributed by atoms with van der Waals surface area (Å²) in [6.07, 6.45) is 2.58. The summed E-state index contributed by atoms with van der Waals surface area (Å²) in [7, 11) is 1.55. The molecular formula is C22H19N3O3. The van der Waals surface area contributed by atoms with E-state index in [2.05, 4.69) is 15.3 Å². The van der Waals surface area contributed by atoms with Crippen molar-refractivity contribution in [3.63, 3.8) is 0 Å². The van der Waals surface area contributed by atoms with E-state index in [1.54, 1.807) is 31.4 Å². The van der Waals surface area contributed by atoms with Crippen LogP contribution in [0.2, 0.25) is 0 Å². The Morgan fingerprint density at radius 2 is 1.93 bits per heavy atom. The molecule has 1 aliphatic carbocycles. The lowest BCUT2D eigenvalue weighted by Gasteiger charge is -2.23. The first-order valence-corrected chi connectivity index (χ1v) is 9.03. The molecule has 1 N–H and O–H groups in total. The van der Waals surface area contributed by atoms with Crippen molar-refractivity contribution < 1.29 is 14.3 Å². The summed E-state index contributed by atoms with van der Waals surface area (Å²) >= 11 is 0. The van der Waals surface area contributed by atoms with Gasteiger partial charge in [-0.2, -0.15) is 0 Å². The second-order valence-corrected chi connectivity index (χ2v) is 6.68. The Balaban J connectivity index is 1.56. The molecule has 1 atom stereocenters. The van der Waals surface area contributed by atoms with Crippen molar-refractivity contribution in [2.45, 2.75) is 18.8 Å². The fourth-order valence-electron chi connectivity index (χ4n) is 3.40. The first kappa shape index (κ1) is 17.9. The molecule has 0 saturated heterocycles. The molecule has 1 amide bonds. The number of ketones is 1. The molecular weight excluding hydrogens is 354 g/mol. The average Bonchev–Trinajstić information content (AvgIpc) is 2.74. The molecule has 0 spiro atoms. The highest BCUT2D eigenvalue weighted by molar-refractivity contribution is 6.04. The molecule has 6 heteroatoms. The number of rotatable bonds is 4. The predicted octanol–water partition coefficient (Wildman–Crippen LogP) is 3.65. The third-order valence-electron chi connectivity index (χ3n) is 4.87. The van der Waals surface area contributed by atoms with E-state index in [4.69, 9.17) is 4.74 Å². The van der Waals surface area contributed by atoms with E-state index in [1.807, 2.05) is 30.3 Å². The number of nitrogens with one attached hydrogen (secondary N) is 1. The standard InChI is InChI=1S/C22H19N3O3/c1-28-17-9-5-8-15(10-17)21(27)25-22-23-13-18-19(24-22)11-16(12-20(18)26)14-6-3-2-4-7-14/h2-10,13,16H,11-12H2,1H3,(H,23,24,25,27)/t16-/m0/s1. The Morgan fingerprint density at radius 3 is 2.71 bits per heavy atom. The van der Waals surface area contributed by atoms with Gasteiger partial charge in [-0.3, -0.25) is 14.9 Å². The summed E-state index contributed by atoms with van der Waals surface area (Å²) < 4.78 is 5.15. The zero-order valence-electron chi connectivity index (χ0n) is 15.4. The van der Waals surface area contributed by atoms with Crippen LogP contribution in [-0.2, 0) is 6.42 Å². The molecule has 2 aromatic carbocycles. The van der Waals surface area contributed by atoms with Gasteiger partial charge in [0.2, 0.25) is 5.95 Å². The van der Waals surface area contributed by atoms with Crippen LogP contribution < -0.4 is 10.1 Å². The van der Waals surface area contributed by atoms with Crippen LogP contribution in [0.3, 0.4) is 0 Å². The van der Waals surface area contributed by atoms with Crippen molar-refractivity contribution in [3.05, 3.63) is 83.2 Å². The maximum absolute atomic E-state index is 12.5. The van der Waals surface area contributed by atoms with Crippen LogP contribution in [0.25, 0.3) is 0 Å². The van der Waals surface area contributed by atoms with E-state index in [-0.39, 0.29) is 23.6 Å². The molecule has 4 rings (SSSR count). The molecule has 0 fully saturated rings. The van der Waals surface area contributed by atoms with Crippen molar-refractivity contribution >= 4 is 17.6 Å². The van der Waals surface area contributed by atoms with E-state index in [0.29, 0.717) is 35.4 Å². The Labute approximate surface area is 162 Å². The first-order chi connectivity index (χ1) is 13.6. The van der Waals surface area contributed by atoms with E-state index < -0.39 is 0 Å². The van der Waals surface area contributed by atoms with Crippen molar-refractivity contribution in [3.8, 4) is 5.75 Å². The number of carbonyl (C=O) groups excluding carboxylic acids is 2. The van der Waals surface area contributed by atoms with Crippen LogP contribution in [0.1, 0.15) is 44.3 Å². The molecule has 6 nitrogen and oxygen atoms in total. The molecule has 0 saturated carbocycles. The summed E-state index contributed by atoms with van der Waals surface area (Å²) in [6, 6.07) is 16.8. The molecule has 0 aliphatic heterocycles. The number of amides is 1. The van der Waals surface area contributed by atoms with Gasteiger partial charge in [0.1, 0.15) is 5.75 Å². The third kappa shape index (κ3) is 3.62. The molecule has 1 aromatic heterocycles. The SMILES string of the molecule is COc1cccc(C(=O)Nc2ncc3c(n2)C[C@H](c2ccccc2)CC3=O)c1. The number of Topliss-reactive ketones (excluding diaryl/α,β-unsaturated/α-hetero) is 1. The molecule has 0 bridgehead atoms. The van der Waals surface area contributed by atoms with Crippen LogP contribution in [0.15, 0.2) is 60.8 Å². The second kappa shape index (κ2) is 7.60. The van der Waals surface area contributed by atoms with Gasteiger partial charge in [0.05, 0.1) is 18.4 Å². The number of hydrogen-bond acceptors (Lipinski definition) is 5. The highest BCUT2D eigenvalue weighted by Crippen LogP contribution is 2.31. The molecule has 1 aliphatic rings. The number of benzene rings is 2. The van der Waals surface area contributed by atoms with Gasteiger partial charge < -0.3 is 4.74 Å². The monoisotopic (exact) mass is 373 g/mol. The van der Waals surface area contributed by atoms with Crippen molar-refractivity contribution in [2.24, 2.45) is 0 Å². The quantitative estimate of drug-likeness (QED) is 0.755. The maximum Gasteiger partial charge on any atom is 0.258 e. The largest absolute Gasteiger partial charge is 0.497 e. The normalized spacial score (nSPS) is 15.6. The summed E-state index contributed by atoms with van der Waals surface area (Å²) in [5.41, 5.74) is 2.76. The van der Waals surface area contributed by atoms with Crippen molar-refractivity contribution in [1.82, 2.24) is 9.97 Å². The topological polar surface area (TPSA) is 81.2 Å². The molecule has 3 aromatic rings. The number of nitrogens with zero attached hydrogens (tertiary/aromatic N) is 2. The van der Waals surface area contributed by atoms with Gasteiger partial charge in [-0.15, -0.1) is 0 Å². The number of aromatic nitrogens is 2. The number of hydrogen-bond donors (Lipinski definition) is 1. The minimum absolute atomic E-state index is 0.0285. The molecule has 28 heavy (non-hydrogen) atoms. The van der Waals surface area contributed by atoms with E-state index in [1.165, 1.54) is 6.20 Å². The highest BCUT2D eigenvalue weighted by Gasteiger charge is 2.28. The third-order valence-corrected chi connectivity index (χ3v) is 4.87. The van der Waals surface area contributed by atoms with Gasteiger partial charge in [-0.1, -0.05) is 36.4 Å². The maximum atomic E-state index is 12.5. The van der Waals surface area contributed by atoms with Gasteiger partial charge in [0, 0.05) is 18.2 Å². The first-order valence-electron chi connectivity index (χ1n) is 9.03. The Morgan fingerprint density at radius 1 is 1.11 bits per heavy atom. The van der Waals surface area contributed by atoms with E-state index in [9.17, 15) is 9.59 Å². The van der Waals surface area contributed by atoms with E-state index in [0.717, 1.165) is 5.56 Å².